The van der Waals surface area contributed by atoms with Crippen molar-refractivity contribution in [2.45, 2.75) is 12.2 Å². The number of ether oxygens (including phenoxy) is 4. The minimum atomic E-state index is -0.301. The first-order valence-corrected chi connectivity index (χ1v) is 10.1. The van der Waals surface area contributed by atoms with E-state index in [0.29, 0.717) is 13.2 Å². The molecule has 2 atom stereocenters. The Hall–Kier alpha value is -1.74. The summed E-state index contributed by atoms with van der Waals surface area (Å²) in [5.74, 6) is 1.83. The van der Waals surface area contributed by atoms with Crippen LogP contribution < -0.4 is 9.47 Å². The Labute approximate surface area is 141 Å². The van der Waals surface area contributed by atoms with Crippen molar-refractivity contribution in [1.29, 1.82) is 0 Å². The molecule has 5 rings (SSSR count). The van der Waals surface area contributed by atoms with Crippen LogP contribution >= 0.6 is 7.53 Å². The van der Waals surface area contributed by atoms with Crippen LogP contribution in [0.3, 0.4) is 0 Å². The summed E-state index contributed by atoms with van der Waals surface area (Å²) in [5.41, 5.74) is 0. The Kier molecular flexibility index (Phi) is 3.44. The molecule has 0 amide bonds. The summed E-state index contributed by atoms with van der Waals surface area (Å²) in [7, 11) is -0.301. The monoisotopic (exact) mass is 342 g/mol. The van der Waals surface area contributed by atoms with Crippen LogP contribution in [0, 0.1) is 0 Å². The molecule has 0 aliphatic carbocycles. The second kappa shape index (κ2) is 5.66. The first-order valence-electron chi connectivity index (χ1n) is 8.29. The van der Waals surface area contributed by atoms with E-state index in [0.717, 1.165) is 24.7 Å². The van der Waals surface area contributed by atoms with Crippen LogP contribution in [-0.2, 0) is 16.1 Å². The summed E-state index contributed by atoms with van der Waals surface area (Å²) < 4.78 is 22.1. The molecular formula is C19H19O4P. The molecule has 3 heterocycles. The Balaban J connectivity index is 1.52. The molecule has 0 bridgehead atoms. The molecule has 2 unspecified atom stereocenters. The summed E-state index contributed by atoms with van der Waals surface area (Å²) in [5, 5.41) is 5.39. The minimum Gasteiger partial charge on any atom is -0.491 e. The molecule has 5 heteroatoms. The van der Waals surface area contributed by atoms with Gasteiger partial charge in [-0.2, -0.15) is 0 Å². The average Bonchev–Trinajstić information content (AvgIpc) is 3.52. The lowest BCUT2D eigenvalue weighted by Crippen LogP contribution is -2.03. The molecule has 2 aromatic carbocycles. The molecule has 0 spiro atoms. The largest absolute Gasteiger partial charge is 0.491 e. The molecule has 3 aromatic rings. The van der Waals surface area contributed by atoms with E-state index in [-0.39, 0.29) is 19.7 Å². The molecule has 2 saturated heterocycles. The number of hydrogen-bond donors (Lipinski definition) is 0. The SMILES string of the molecule is Cp1c2ccc(OCC3CO3)cc2c2cc(OCC3CO3)ccc21. The zero-order chi connectivity index (χ0) is 16.1. The van der Waals surface area contributed by atoms with Crippen molar-refractivity contribution in [1.82, 2.24) is 0 Å². The van der Waals surface area contributed by atoms with Crippen molar-refractivity contribution < 1.29 is 18.9 Å². The van der Waals surface area contributed by atoms with Gasteiger partial charge in [0.05, 0.1) is 13.2 Å². The predicted octanol–water partition coefficient (Wildman–Crippen LogP) is 4.07. The van der Waals surface area contributed by atoms with Gasteiger partial charge in [0.1, 0.15) is 36.9 Å². The van der Waals surface area contributed by atoms with E-state index < -0.39 is 0 Å². The first-order chi connectivity index (χ1) is 11.8. The highest BCUT2D eigenvalue weighted by Crippen LogP contribution is 2.48. The van der Waals surface area contributed by atoms with Crippen molar-refractivity contribution >= 4 is 28.5 Å². The van der Waals surface area contributed by atoms with E-state index in [1.54, 1.807) is 0 Å². The normalized spacial score (nSPS) is 22.8. The summed E-state index contributed by atoms with van der Waals surface area (Å²) >= 11 is 0. The Morgan fingerprint density at radius 2 is 1.33 bits per heavy atom. The fourth-order valence-electron chi connectivity index (χ4n) is 3.06. The summed E-state index contributed by atoms with van der Waals surface area (Å²) in [6.07, 6.45) is 0.553. The predicted molar refractivity (Wildman–Crippen MR) is 95.6 cm³/mol. The van der Waals surface area contributed by atoms with Crippen LogP contribution in [0.5, 0.6) is 11.5 Å². The van der Waals surface area contributed by atoms with Gasteiger partial charge in [-0.05, 0) is 53.8 Å². The maximum atomic E-state index is 5.86. The Morgan fingerprint density at radius 3 is 1.75 bits per heavy atom. The van der Waals surface area contributed by atoms with E-state index in [9.17, 15) is 0 Å². The maximum Gasteiger partial charge on any atom is 0.120 e. The number of epoxide rings is 2. The van der Waals surface area contributed by atoms with Crippen LogP contribution in [0.4, 0.5) is 0 Å². The topological polar surface area (TPSA) is 43.5 Å². The molecule has 124 valence electrons. The number of fused-ring (bicyclic) bond motifs is 3. The third-order valence-electron chi connectivity index (χ3n) is 4.63. The number of rotatable bonds is 6. The summed E-state index contributed by atoms with van der Waals surface area (Å²) in [6.45, 7) is 5.23. The van der Waals surface area contributed by atoms with Crippen LogP contribution in [0.2, 0.25) is 0 Å². The van der Waals surface area contributed by atoms with Gasteiger partial charge in [-0.15, -0.1) is 7.53 Å². The molecular weight excluding hydrogens is 323 g/mol. The van der Waals surface area contributed by atoms with Gasteiger partial charge in [-0.25, -0.2) is 0 Å². The van der Waals surface area contributed by atoms with E-state index in [4.69, 9.17) is 18.9 Å². The van der Waals surface area contributed by atoms with Crippen molar-refractivity contribution in [3.63, 3.8) is 0 Å². The quantitative estimate of drug-likeness (QED) is 0.633. The van der Waals surface area contributed by atoms with E-state index >= 15 is 0 Å². The van der Waals surface area contributed by atoms with E-state index in [1.165, 1.54) is 21.0 Å². The lowest BCUT2D eigenvalue weighted by molar-refractivity contribution is 0.263. The van der Waals surface area contributed by atoms with Gasteiger partial charge in [0.15, 0.2) is 0 Å². The van der Waals surface area contributed by atoms with Crippen molar-refractivity contribution in [2.24, 2.45) is 6.66 Å². The highest BCUT2D eigenvalue weighted by molar-refractivity contribution is 7.59. The molecule has 2 aliphatic heterocycles. The molecule has 24 heavy (non-hydrogen) atoms. The van der Waals surface area contributed by atoms with Crippen LogP contribution in [0.25, 0.3) is 21.0 Å². The fraction of sp³-hybridized carbons (Fsp3) is 0.368. The molecule has 0 N–H and O–H groups in total. The highest BCUT2D eigenvalue weighted by Gasteiger charge is 2.24. The fourth-order valence-corrected chi connectivity index (χ4v) is 5.01. The second-order valence-electron chi connectivity index (χ2n) is 6.45. The Morgan fingerprint density at radius 1 is 0.875 bits per heavy atom. The maximum absolute atomic E-state index is 5.86. The van der Waals surface area contributed by atoms with Crippen molar-refractivity contribution in [2.75, 3.05) is 26.4 Å². The van der Waals surface area contributed by atoms with Gasteiger partial charge in [0, 0.05) is 10.2 Å². The van der Waals surface area contributed by atoms with Gasteiger partial charge in [0.25, 0.3) is 0 Å². The van der Waals surface area contributed by atoms with E-state index in [2.05, 4.69) is 43.1 Å². The van der Waals surface area contributed by atoms with E-state index in [1.807, 2.05) is 0 Å². The number of benzene rings is 2. The second-order valence-corrected chi connectivity index (χ2v) is 8.53. The smallest absolute Gasteiger partial charge is 0.120 e. The van der Waals surface area contributed by atoms with Crippen LogP contribution in [0.15, 0.2) is 36.4 Å². The molecule has 1 aromatic heterocycles. The third-order valence-corrected chi connectivity index (χ3v) is 6.85. The van der Waals surface area contributed by atoms with Gasteiger partial charge >= 0.3 is 0 Å². The van der Waals surface area contributed by atoms with Crippen LogP contribution in [0.1, 0.15) is 0 Å². The zero-order valence-electron chi connectivity index (χ0n) is 13.5. The summed E-state index contributed by atoms with van der Waals surface area (Å²) in [4.78, 5) is 0. The van der Waals surface area contributed by atoms with Gasteiger partial charge in [0.2, 0.25) is 0 Å². The van der Waals surface area contributed by atoms with Crippen LogP contribution in [-0.4, -0.2) is 38.6 Å². The highest BCUT2D eigenvalue weighted by atomic mass is 31.1. The Bertz CT molecular complexity index is 835. The lowest BCUT2D eigenvalue weighted by atomic mass is 10.1. The molecule has 0 radical (unpaired) electrons. The average molecular weight is 342 g/mol. The molecule has 0 saturated carbocycles. The van der Waals surface area contributed by atoms with Gasteiger partial charge in [-0.1, -0.05) is 0 Å². The zero-order valence-corrected chi connectivity index (χ0v) is 14.4. The minimum absolute atomic E-state index is 0.276. The third kappa shape index (κ3) is 2.75. The van der Waals surface area contributed by atoms with Gasteiger partial charge in [-0.3, -0.25) is 0 Å². The number of hydrogen-bond acceptors (Lipinski definition) is 4. The molecule has 4 nitrogen and oxygen atoms in total. The summed E-state index contributed by atoms with van der Waals surface area (Å²) in [6, 6.07) is 12.9. The van der Waals surface area contributed by atoms with Crippen molar-refractivity contribution in [3.05, 3.63) is 36.4 Å². The first kappa shape index (κ1) is 14.6. The lowest BCUT2D eigenvalue weighted by Gasteiger charge is -2.05. The van der Waals surface area contributed by atoms with Crippen molar-refractivity contribution in [3.8, 4) is 11.5 Å². The number of aryl methyl sites for hydroxylation is 1. The molecule has 2 fully saturated rings. The molecule has 2 aliphatic rings. The van der Waals surface area contributed by atoms with Gasteiger partial charge < -0.3 is 18.9 Å². The standard InChI is InChI=1S/C19H19O4P/c1-24-18-4-2-12(20-8-14-10-22-14)6-16(18)17-7-13(3-5-19(17)24)21-9-15-11-23-15/h2-7,14-15H,8-11H2,1H3.